The number of nitrogens with zero attached hydrogens (tertiary/aromatic N) is 3. The highest BCUT2D eigenvalue weighted by molar-refractivity contribution is 7.92. The van der Waals surface area contributed by atoms with Crippen molar-refractivity contribution in [2.24, 2.45) is 0 Å². The molecule has 2 aromatic carbocycles. The summed E-state index contributed by atoms with van der Waals surface area (Å²) in [6.45, 7) is 1.96. The van der Waals surface area contributed by atoms with E-state index in [9.17, 15) is 17.6 Å². The summed E-state index contributed by atoms with van der Waals surface area (Å²) in [7, 11) is -4.00. The van der Waals surface area contributed by atoms with E-state index in [-0.39, 0.29) is 27.2 Å². The summed E-state index contributed by atoms with van der Waals surface area (Å²) in [6.07, 6.45) is 2.44. The van der Waals surface area contributed by atoms with Crippen LogP contribution < -0.4 is 9.86 Å². The van der Waals surface area contributed by atoms with E-state index in [1.165, 1.54) is 36.5 Å². The van der Waals surface area contributed by atoms with Gasteiger partial charge >= 0.3 is 0 Å². The minimum Gasteiger partial charge on any atom is -0.266 e. The van der Waals surface area contributed by atoms with Gasteiger partial charge in [-0.15, -0.1) is 0 Å². The summed E-state index contributed by atoms with van der Waals surface area (Å²) in [5.74, 6) is -0.559. The average molecular weight is 468 g/mol. The predicted octanol–water partition coefficient (Wildman–Crippen LogP) is 4.13. The van der Waals surface area contributed by atoms with Crippen LogP contribution in [0.5, 0.6) is 0 Å². The molecule has 0 fully saturated rings. The second-order valence-electron chi connectivity index (χ2n) is 6.95. The van der Waals surface area contributed by atoms with E-state index < -0.39 is 21.4 Å². The second-order valence-corrected chi connectivity index (χ2v) is 9.60. The Morgan fingerprint density at radius 3 is 2.53 bits per heavy atom. The first-order valence-corrected chi connectivity index (χ1v) is 11.3. The van der Waals surface area contributed by atoms with Crippen molar-refractivity contribution >= 4 is 38.9 Å². The van der Waals surface area contributed by atoms with Crippen molar-refractivity contribution in [3.63, 3.8) is 0 Å². The van der Waals surface area contributed by atoms with Crippen molar-refractivity contribution in [3.05, 3.63) is 79.9 Å². The molecule has 2 heterocycles. The summed E-state index contributed by atoms with van der Waals surface area (Å²) in [5.41, 5.74) is 1.21. The number of anilines is 1. The predicted molar refractivity (Wildman–Crippen MR) is 114 cm³/mol. The van der Waals surface area contributed by atoms with Crippen molar-refractivity contribution in [2.75, 3.05) is 10.8 Å². The van der Waals surface area contributed by atoms with Gasteiger partial charge in [-0.1, -0.05) is 29.3 Å². The molecule has 3 aromatic rings. The van der Waals surface area contributed by atoms with Crippen molar-refractivity contribution in [3.8, 4) is 5.69 Å². The highest BCUT2D eigenvalue weighted by Crippen LogP contribution is 2.35. The maximum atomic E-state index is 14.7. The molecule has 0 N–H and O–H groups in total. The molecular weight excluding hydrogens is 452 g/mol. The number of rotatable bonds is 3. The number of aromatic nitrogens is 2. The molecule has 30 heavy (non-hydrogen) atoms. The van der Waals surface area contributed by atoms with Gasteiger partial charge in [-0.2, -0.15) is 9.78 Å². The van der Waals surface area contributed by atoms with Crippen LogP contribution in [0.15, 0.2) is 52.3 Å². The molecule has 6 nitrogen and oxygen atoms in total. The Morgan fingerprint density at radius 1 is 1.13 bits per heavy atom. The minimum absolute atomic E-state index is 0.0211. The molecule has 0 amide bonds. The zero-order valence-corrected chi connectivity index (χ0v) is 18.1. The highest BCUT2D eigenvalue weighted by Gasteiger charge is 2.31. The van der Waals surface area contributed by atoms with Crippen molar-refractivity contribution in [1.29, 1.82) is 0 Å². The molecular formula is C20H16Cl2FN3O3S. The van der Waals surface area contributed by atoms with E-state index >= 15 is 0 Å². The number of hydrogen-bond donors (Lipinski definition) is 0. The van der Waals surface area contributed by atoms with Gasteiger partial charge in [0.15, 0.2) is 0 Å². The van der Waals surface area contributed by atoms with E-state index in [0.29, 0.717) is 24.1 Å². The third-order valence-corrected chi connectivity index (χ3v) is 7.45. The molecule has 0 radical (unpaired) electrons. The number of benzene rings is 2. The lowest BCUT2D eigenvalue weighted by molar-refractivity contribution is 0.576. The van der Waals surface area contributed by atoms with Gasteiger partial charge in [0, 0.05) is 6.54 Å². The van der Waals surface area contributed by atoms with Crippen molar-refractivity contribution in [1.82, 2.24) is 9.78 Å². The topological polar surface area (TPSA) is 72.3 Å². The lowest BCUT2D eigenvalue weighted by Gasteiger charge is -2.31. The molecule has 4 rings (SSSR count). The third kappa shape index (κ3) is 3.49. The molecule has 1 aliphatic rings. The van der Waals surface area contributed by atoms with Gasteiger partial charge in [0.25, 0.3) is 15.6 Å². The van der Waals surface area contributed by atoms with Crippen LogP contribution in [0.4, 0.5) is 10.1 Å². The largest absolute Gasteiger partial charge is 0.291 e. The van der Waals surface area contributed by atoms with Gasteiger partial charge < -0.3 is 0 Å². The molecule has 0 aliphatic carbocycles. The lowest BCUT2D eigenvalue weighted by atomic mass is 10.0. The maximum absolute atomic E-state index is 14.7. The van der Waals surface area contributed by atoms with Crippen LogP contribution in [0.3, 0.4) is 0 Å². The molecule has 0 bridgehead atoms. The number of aryl methyl sites for hydroxylation is 2. The zero-order chi connectivity index (χ0) is 21.6. The third-order valence-electron chi connectivity index (χ3n) is 4.89. The molecule has 0 spiro atoms. The standard InChI is InChI=1S/C20H16Cl2FN3O3S/c1-12-9-13-3-2-8-25(19(13)17(23)10-12)30(28,29)15-6-4-14(5-7-15)26-20(27)18(22)16(21)11-24-26/h4-7,9-11H,2-3,8H2,1H3. The van der Waals surface area contributed by atoms with Crippen LogP contribution >= 0.6 is 23.2 Å². The van der Waals surface area contributed by atoms with Gasteiger partial charge in [0.2, 0.25) is 0 Å². The summed E-state index contributed by atoms with van der Waals surface area (Å²) < 4.78 is 43.3. The van der Waals surface area contributed by atoms with Crippen LogP contribution in [0.25, 0.3) is 5.69 Å². The Hall–Kier alpha value is -2.42. The Morgan fingerprint density at radius 2 is 1.83 bits per heavy atom. The molecule has 1 aliphatic heterocycles. The number of sulfonamides is 1. The molecule has 0 atom stereocenters. The fourth-order valence-corrected chi connectivity index (χ4v) is 5.33. The Labute approximate surface area is 182 Å². The van der Waals surface area contributed by atoms with Crippen molar-refractivity contribution < 1.29 is 12.8 Å². The quantitative estimate of drug-likeness (QED) is 0.580. The Balaban J connectivity index is 1.74. The van der Waals surface area contributed by atoms with Gasteiger partial charge in [-0.3, -0.25) is 9.10 Å². The summed E-state index contributed by atoms with van der Waals surface area (Å²) in [6, 6.07) is 8.71. The van der Waals surface area contributed by atoms with Crippen LogP contribution in [0.2, 0.25) is 10.0 Å². The van der Waals surface area contributed by atoms with Gasteiger partial charge in [0.05, 0.1) is 27.5 Å². The van der Waals surface area contributed by atoms with E-state index in [2.05, 4.69) is 5.10 Å². The summed E-state index contributed by atoms with van der Waals surface area (Å²) in [5, 5.41) is 3.76. The number of halogens is 3. The average Bonchev–Trinajstić information content (AvgIpc) is 2.71. The SMILES string of the molecule is Cc1cc(F)c2c(c1)CCCN2S(=O)(=O)c1ccc(-n2ncc(Cl)c(Cl)c2=O)cc1. The molecule has 1 aromatic heterocycles. The monoisotopic (exact) mass is 467 g/mol. The van der Waals surface area contributed by atoms with Crippen LogP contribution in [-0.4, -0.2) is 24.7 Å². The van der Waals surface area contributed by atoms with Crippen LogP contribution in [0.1, 0.15) is 17.5 Å². The summed E-state index contributed by atoms with van der Waals surface area (Å²) >= 11 is 11.7. The number of hydrogen-bond acceptors (Lipinski definition) is 4. The molecule has 0 saturated heterocycles. The zero-order valence-electron chi connectivity index (χ0n) is 15.8. The fourth-order valence-electron chi connectivity index (χ4n) is 3.52. The molecule has 156 valence electrons. The highest BCUT2D eigenvalue weighted by atomic mass is 35.5. The lowest BCUT2D eigenvalue weighted by Crippen LogP contribution is -2.36. The van der Waals surface area contributed by atoms with Gasteiger partial charge in [-0.25, -0.2) is 12.8 Å². The first-order valence-electron chi connectivity index (χ1n) is 9.05. The van der Waals surface area contributed by atoms with Gasteiger partial charge in [-0.05, 0) is 61.2 Å². The minimum atomic E-state index is -4.00. The van der Waals surface area contributed by atoms with Crippen LogP contribution in [0, 0.1) is 12.7 Å². The number of fused-ring (bicyclic) bond motifs is 1. The maximum Gasteiger partial charge on any atom is 0.291 e. The van der Waals surface area contributed by atoms with E-state index in [1.807, 2.05) is 6.07 Å². The fraction of sp³-hybridized carbons (Fsp3) is 0.200. The Bertz CT molecular complexity index is 1310. The molecule has 0 saturated carbocycles. The van der Waals surface area contributed by atoms with E-state index in [1.54, 1.807) is 6.92 Å². The van der Waals surface area contributed by atoms with Gasteiger partial charge in [0.1, 0.15) is 10.8 Å². The van der Waals surface area contributed by atoms with E-state index in [4.69, 9.17) is 23.2 Å². The first-order chi connectivity index (χ1) is 14.2. The van der Waals surface area contributed by atoms with Crippen LogP contribution in [-0.2, 0) is 16.4 Å². The second kappa shape index (κ2) is 7.68. The molecule has 0 unspecified atom stereocenters. The summed E-state index contributed by atoms with van der Waals surface area (Å²) in [4.78, 5) is 12.2. The van der Waals surface area contributed by atoms with E-state index in [0.717, 1.165) is 14.6 Å². The smallest absolute Gasteiger partial charge is 0.266 e. The molecule has 10 heteroatoms. The van der Waals surface area contributed by atoms with Crippen molar-refractivity contribution in [2.45, 2.75) is 24.7 Å². The normalized spacial score (nSPS) is 13.9. The Kier molecular flexibility index (Phi) is 5.34. The first kappa shape index (κ1) is 20.8.